The molecule has 1 aliphatic rings. The Morgan fingerprint density at radius 3 is 0.847 bits per heavy atom. The zero-order valence-electron chi connectivity index (χ0n) is 48.8. The van der Waals surface area contributed by atoms with Crippen molar-refractivity contribution in [2.24, 2.45) is 0 Å². The molecule has 418 valence electrons. The average Bonchev–Trinajstić information content (AvgIpc) is 3.72. The van der Waals surface area contributed by atoms with Crippen LogP contribution in [0.5, 0.6) is 0 Å². The predicted molar refractivity (Wildman–Crippen MR) is 316 cm³/mol. The summed E-state index contributed by atoms with van der Waals surface area (Å²) in [6, 6.07) is 14.4. The van der Waals surface area contributed by atoms with Gasteiger partial charge >= 0.3 is 0 Å². The van der Waals surface area contributed by atoms with Gasteiger partial charge in [0.05, 0.1) is 0 Å². The molecule has 5 heteroatoms. The maximum atomic E-state index is 12.2. The number of aliphatic hydroxyl groups excluding tert-OH is 2. The van der Waals surface area contributed by atoms with E-state index in [9.17, 15) is 5.53 Å². The number of aliphatic hydroxyl groups is 2. The van der Waals surface area contributed by atoms with E-state index < -0.39 is 0 Å². The van der Waals surface area contributed by atoms with Gasteiger partial charge in [-0.25, -0.2) is 4.70 Å². The molecule has 0 radical (unpaired) electrons. The number of rotatable bonds is 44. The maximum absolute atomic E-state index is 12.2. The maximum Gasteiger partial charge on any atom is 0.210 e. The van der Waals surface area contributed by atoms with E-state index >= 15 is 0 Å². The van der Waals surface area contributed by atoms with Crippen molar-refractivity contribution in [3.63, 3.8) is 0 Å². The Labute approximate surface area is 462 Å². The third-order valence-corrected chi connectivity index (χ3v) is 14.6. The first-order valence-corrected chi connectivity index (χ1v) is 31.3. The smallest absolute Gasteiger partial charge is 0.210 e. The number of benzene rings is 2. The van der Waals surface area contributed by atoms with Crippen molar-refractivity contribution < 1.29 is 35.3 Å². The van der Waals surface area contributed by atoms with Crippen LogP contribution in [0.4, 0.5) is 0 Å². The molecule has 0 spiro atoms. The summed E-state index contributed by atoms with van der Waals surface area (Å²) in [5.41, 5.74) is 23.6. The summed E-state index contributed by atoms with van der Waals surface area (Å²) in [6.07, 6.45) is 57.1. The van der Waals surface area contributed by atoms with Gasteiger partial charge in [-0.3, -0.25) is 0 Å². The number of nitrogens with zero attached hydrogens (tertiary/aromatic N) is 2. The number of aryl methyl sites for hydroxylation is 4. The van der Waals surface area contributed by atoms with E-state index in [4.69, 9.17) is 10.2 Å². The Bertz CT molecular complexity index is 1550. The van der Waals surface area contributed by atoms with Crippen LogP contribution in [-0.2, 0) is 46.1 Å². The summed E-state index contributed by atoms with van der Waals surface area (Å²) < 4.78 is 1.58. The van der Waals surface area contributed by atoms with Gasteiger partial charge in [0, 0.05) is 56.4 Å². The van der Waals surface area contributed by atoms with E-state index in [-0.39, 0.29) is 20.4 Å². The number of unbranched alkanes of at least 4 members (excludes halogenated alkanes) is 30. The molecule has 0 fully saturated rings. The minimum Gasteiger partial charge on any atom is -0.493 e. The van der Waals surface area contributed by atoms with Gasteiger partial charge in [-0.2, -0.15) is 0 Å². The van der Waals surface area contributed by atoms with Gasteiger partial charge in [0.1, 0.15) is 0 Å². The molecule has 3 rings (SSSR count). The van der Waals surface area contributed by atoms with Crippen LogP contribution in [0, 0.1) is 0 Å². The normalized spacial score (nSPS) is 12.1. The van der Waals surface area contributed by atoms with Gasteiger partial charge in [-0.15, -0.1) is 0 Å². The van der Waals surface area contributed by atoms with E-state index in [0.29, 0.717) is 13.2 Å². The summed E-state index contributed by atoms with van der Waals surface area (Å²) in [4.78, 5) is 0. The summed E-state index contributed by atoms with van der Waals surface area (Å²) in [7, 11) is 0. The van der Waals surface area contributed by atoms with Crippen LogP contribution >= 0.6 is 0 Å². The Morgan fingerprint density at radius 2 is 0.583 bits per heavy atom. The molecule has 0 atom stereocenters. The van der Waals surface area contributed by atoms with E-state index in [1.807, 2.05) is 0 Å². The second kappa shape index (κ2) is 51.2. The van der Waals surface area contributed by atoms with E-state index in [0.717, 1.165) is 69.2 Å². The van der Waals surface area contributed by atoms with Gasteiger partial charge < -0.3 is 15.7 Å². The van der Waals surface area contributed by atoms with Crippen molar-refractivity contribution in [2.75, 3.05) is 13.2 Å². The second-order valence-electron chi connectivity index (χ2n) is 21.6. The van der Waals surface area contributed by atoms with Gasteiger partial charge in [0.25, 0.3) is 0 Å². The third kappa shape index (κ3) is 35.4. The van der Waals surface area contributed by atoms with Crippen molar-refractivity contribution in [2.45, 2.75) is 318 Å². The molecule has 0 aromatic heterocycles. The molecule has 0 amide bonds. The van der Waals surface area contributed by atoms with E-state index in [2.05, 4.69) is 90.9 Å². The topological polar surface area (TPSA) is 65.8 Å². The van der Waals surface area contributed by atoms with Crippen LogP contribution < -0.4 is 0 Å². The molecule has 2 N–H and O–H groups in total. The fourth-order valence-corrected chi connectivity index (χ4v) is 9.94. The SMILES string of the molecule is CCCCCCCCCCCCCCCCCCCCCCCCCCCC1=C(c2cc(CCCC)cc(CCCC)c2)[N+](=[N-])C(c2cc(CCCC)cc(CCCC)c2)=C1.CCCCO.CCCCO.[Pd]. The molecule has 2 aromatic carbocycles. The van der Waals surface area contributed by atoms with Crippen LogP contribution in [0.1, 0.15) is 326 Å². The van der Waals surface area contributed by atoms with E-state index in [1.54, 1.807) is 4.70 Å². The molecule has 2 aromatic rings. The molecular weight excluding hydrogens is 971 g/mol. The first-order chi connectivity index (χ1) is 34.9. The molecule has 0 bridgehead atoms. The molecule has 1 aliphatic heterocycles. The van der Waals surface area contributed by atoms with Crippen LogP contribution in [0.25, 0.3) is 16.9 Å². The molecule has 0 aliphatic carbocycles. The largest absolute Gasteiger partial charge is 0.493 e. The van der Waals surface area contributed by atoms with Gasteiger partial charge in [0.15, 0.2) is 0 Å². The fraction of sp³-hybridized carbons (Fsp3) is 0.761. The summed E-state index contributed by atoms with van der Waals surface area (Å²) in [5.74, 6) is 0. The zero-order chi connectivity index (χ0) is 51.8. The average molecular weight is 1090 g/mol. The van der Waals surface area contributed by atoms with Crippen LogP contribution in [0.15, 0.2) is 48.0 Å². The molecular formula is C67H118N2O2Pd. The van der Waals surface area contributed by atoms with Crippen LogP contribution in [0.3, 0.4) is 0 Å². The predicted octanol–water partition coefficient (Wildman–Crippen LogP) is 21.6. The van der Waals surface area contributed by atoms with Gasteiger partial charge in [-0.1, -0.05) is 253 Å². The second-order valence-corrected chi connectivity index (χ2v) is 21.6. The standard InChI is InChI=1S/C59H98N2.2C4H10O.Pd/c1-6-11-16-17-18-19-20-21-22-23-24-25-26-27-28-29-30-31-32-33-34-35-36-37-38-43-55-50-58(56-46-51(39-12-7-2)44-52(47-56)40-13-8-3)61(60)59(55)57-48-53(41-14-9-4)45-54(49-57)42-15-10-5;2*1-2-3-4-5;/h44-50H,6-43H2,1-5H3;2*5H,2-4H2,1H3;. The Morgan fingerprint density at radius 1 is 0.319 bits per heavy atom. The quantitative estimate of drug-likeness (QED) is 0.0394. The third-order valence-electron chi connectivity index (χ3n) is 14.6. The summed E-state index contributed by atoms with van der Waals surface area (Å²) in [6.45, 7) is 16.2. The van der Waals surface area contributed by atoms with Crippen LogP contribution in [0.2, 0.25) is 0 Å². The molecule has 0 saturated carbocycles. The van der Waals surface area contributed by atoms with Crippen molar-refractivity contribution in [3.8, 4) is 0 Å². The van der Waals surface area contributed by atoms with Crippen molar-refractivity contribution in [3.05, 3.63) is 87.0 Å². The molecule has 72 heavy (non-hydrogen) atoms. The Balaban J connectivity index is 0.00000415. The number of allylic oxidation sites excluding steroid dienone is 2. The minimum atomic E-state index is 0. The Kier molecular flexibility index (Phi) is 49.9. The van der Waals surface area contributed by atoms with Gasteiger partial charge in [0.2, 0.25) is 11.4 Å². The summed E-state index contributed by atoms with van der Waals surface area (Å²) >= 11 is 0. The number of hydrogen-bond acceptors (Lipinski definition) is 2. The summed E-state index contributed by atoms with van der Waals surface area (Å²) in [5, 5.41) is 16.1. The Hall–Kier alpha value is -1.90. The fourth-order valence-electron chi connectivity index (χ4n) is 9.94. The molecule has 0 unspecified atom stereocenters. The number of hydrogen-bond donors (Lipinski definition) is 2. The molecule has 4 nitrogen and oxygen atoms in total. The van der Waals surface area contributed by atoms with Crippen LogP contribution in [-0.4, -0.2) is 28.1 Å². The van der Waals surface area contributed by atoms with Crippen molar-refractivity contribution in [1.29, 1.82) is 0 Å². The van der Waals surface area contributed by atoms with Gasteiger partial charge in [-0.05, 0) is 124 Å². The molecule has 0 saturated heterocycles. The van der Waals surface area contributed by atoms with Crippen molar-refractivity contribution >= 4 is 11.4 Å². The first-order valence-electron chi connectivity index (χ1n) is 31.3. The monoisotopic (exact) mass is 1090 g/mol. The first kappa shape index (κ1) is 70.1. The van der Waals surface area contributed by atoms with Crippen molar-refractivity contribution in [1.82, 2.24) is 0 Å². The van der Waals surface area contributed by atoms with E-state index in [1.165, 1.54) is 251 Å². The minimum absolute atomic E-state index is 0. The molecule has 1 heterocycles. The zero-order valence-corrected chi connectivity index (χ0v) is 50.3.